The Kier molecular flexibility index (Phi) is 4.07. The first kappa shape index (κ1) is 13.6. The molecule has 2 rings (SSSR count). The summed E-state index contributed by atoms with van der Waals surface area (Å²) < 4.78 is 26.2. The van der Waals surface area contributed by atoms with Gasteiger partial charge in [0.2, 0.25) is 10.0 Å². The molecule has 0 amide bonds. The lowest BCUT2D eigenvalue weighted by molar-refractivity contribution is 0.282. The lowest BCUT2D eigenvalue weighted by Crippen LogP contribution is -2.33. The molecule has 0 radical (unpaired) electrons. The van der Waals surface area contributed by atoms with Crippen molar-refractivity contribution in [1.82, 2.24) is 4.31 Å². The summed E-state index contributed by atoms with van der Waals surface area (Å²) in [5.41, 5.74) is 0. The highest BCUT2D eigenvalue weighted by molar-refractivity contribution is 7.89. The fraction of sp³-hybridized carbons (Fsp3) is 0.500. The summed E-state index contributed by atoms with van der Waals surface area (Å²) in [7, 11) is -3.58. The van der Waals surface area contributed by atoms with Crippen molar-refractivity contribution in [2.75, 3.05) is 13.1 Å². The van der Waals surface area contributed by atoms with E-state index < -0.39 is 10.0 Å². The Labute approximate surface area is 111 Å². The van der Waals surface area contributed by atoms with Gasteiger partial charge in [-0.15, -0.1) is 17.8 Å². The largest absolute Gasteiger partial charge is 0.391 e. The molecule has 1 saturated carbocycles. The summed E-state index contributed by atoms with van der Waals surface area (Å²) in [6.07, 6.45) is 7.37. The van der Waals surface area contributed by atoms with Crippen LogP contribution in [0.15, 0.2) is 16.3 Å². The molecule has 1 aromatic heterocycles. The number of hydrogen-bond donors (Lipinski definition) is 1. The molecule has 0 saturated heterocycles. The van der Waals surface area contributed by atoms with E-state index in [9.17, 15) is 8.42 Å². The SMILES string of the molecule is C#CCN(CC1CC1)S(=O)(=O)c1ccsc1CO. The predicted molar refractivity (Wildman–Crippen MR) is 70.6 cm³/mol. The van der Waals surface area contributed by atoms with Crippen molar-refractivity contribution in [2.45, 2.75) is 24.3 Å². The average molecular weight is 285 g/mol. The molecule has 0 aliphatic heterocycles. The molecule has 1 aliphatic rings. The Morgan fingerprint density at radius 1 is 1.56 bits per heavy atom. The van der Waals surface area contributed by atoms with Gasteiger partial charge >= 0.3 is 0 Å². The second kappa shape index (κ2) is 5.41. The first-order valence-electron chi connectivity index (χ1n) is 5.70. The van der Waals surface area contributed by atoms with Crippen molar-refractivity contribution in [3.8, 4) is 12.3 Å². The highest BCUT2D eigenvalue weighted by Crippen LogP contribution is 2.32. The fourth-order valence-electron chi connectivity index (χ4n) is 1.75. The molecule has 0 spiro atoms. The van der Waals surface area contributed by atoms with Crippen LogP contribution in [-0.2, 0) is 16.6 Å². The molecule has 1 N–H and O–H groups in total. The minimum atomic E-state index is -3.58. The molecule has 0 atom stereocenters. The smallest absolute Gasteiger partial charge is 0.245 e. The van der Waals surface area contributed by atoms with Crippen LogP contribution in [0.3, 0.4) is 0 Å². The third-order valence-electron chi connectivity index (χ3n) is 2.89. The monoisotopic (exact) mass is 285 g/mol. The van der Waals surface area contributed by atoms with Crippen LogP contribution in [-0.4, -0.2) is 30.9 Å². The van der Waals surface area contributed by atoms with E-state index in [1.807, 2.05) is 0 Å². The maximum absolute atomic E-state index is 12.5. The zero-order valence-electron chi connectivity index (χ0n) is 9.87. The second-order valence-electron chi connectivity index (χ2n) is 4.31. The van der Waals surface area contributed by atoms with Gasteiger partial charge in [0.05, 0.1) is 18.0 Å². The summed E-state index contributed by atoms with van der Waals surface area (Å²) in [6.45, 7) is 0.298. The number of sulfonamides is 1. The lowest BCUT2D eigenvalue weighted by atomic mass is 10.4. The predicted octanol–water partition coefficient (Wildman–Crippen LogP) is 1.27. The molecule has 0 unspecified atom stereocenters. The van der Waals surface area contributed by atoms with Gasteiger partial charge in [-0.1, -0.05) is 5.92 Å². The van der Waals surface area contributed by atoms with E-state index in [0.717, 1.165) is 12.8 Å². The second-order valence-corrected chi connectivity index (χ2v) is 7.22. The highest BCUT2D eigenvalue weighted by Gasteiger charge is 2.32. The van der Waals surface area contributed by atoms with Crippen molar-refractivity contribution in [1.29, 1.82) is 0 Å². The first-order chi connectivity index (χ1) is 8.59. The van der Waals surface area contributed by atoms with Crippen molar-refractivity contribution in [2.24, 2.45) is 5.92 Å². The van der Waals surface area contributed by atoms with Gasteiger partial charge in [-0.2, -0.15) is 4.31 Å². The minimum absolute atomic E-state index is 0.0829. The third-order valence-corrected chi connectivity index (χ3v) is 5.82. The molecule has 98 valence electrons. The molecule has 0 bridgehead atoms. The molecule has 6 heteroatoms. The van der Waals surface area contributed by atoms with Gasteiger partial charge in [-0.3, -0.25) is 0 Å². The van der Waals surface area contributed by atoms with Crippen LogP contribution in [0.25, 0.3) is 0 Å². The first-order valence-corrected chi connectivity index (χ1v) is 8.02. The maximum Gasteiger partial charge on any atom is 0.245 e. The zero-order valence-corrected chi connectivity index (χ0v) is 11.5. The third kappa shape index (κ3) is 2.75. The van der Waals surface area contributed by atoms with Gasteiger partial charge in [0.25, 0.3) is 0 Å². The van der Waals surface area contributed by atoms with E-state index in [4.69, 9.17) is 11.5 Å². The number of nitrogens with zero attached hydrogens (tertiary/aromatic N) is 1. The number of aliphatic hydroxyl groups is 1. The van der Waals surface area contributed by atoms with Gasteiger partial charge in [0.1, 0.15) is 0 Å². The Balaban J connectivity index is 2.29. The van der Waals surface area contributed by atoms with Crippen LogP contribution < -0.4 is 0 Å². The van der Waals surface area contributed by atoms with Crippen molar-refractivity contribution >= 4 is 21.4 Å². The topological polar surface area (TPSA) is 57.6 Å². The van der Waals surface area contributed by atoms with Gasteiger partial charge in [-0.25, -0.2) is 8.42 Å². The van der Waals surface area contributed by atoms with Crippen molar-refractivity contribution < 1.29 is 13.5 Å². The summed E-state index contributed by atoms with van der Waals surface area (Å²) in [5.74, 6) is 2.83. The molecule has 1 aromatic rings. The summed E-state index contributed by atoms with van der Waals surface area (Å²) in [4.78, 5) is 0.652. The number of thiophene rings is 1. The summed E-state index contributed by atoms with van der Waals surface area (Å²) >= 11 is 1.24. The van der Waals surface area contributed by atoms with Crippen LogP contribution in [0, 0.1) is 18.3 Å². The van der Waals surface area contributed by atoms with Gasteiger partial charge in [0, 0.05) is 11.4 Å². The van der Waals surface area contributed by atoms with Crippen molar-refractivity contribution in [3.05, 3.63) is 16.3 Å². The molecule has 1 aliphatic carbocycles. The maximum atomic E-state index is 12.5. The van der Waals surface area contributed by atoms with Gasteiger partial charge in [0.15, 0.2) is 0 Å². The minimum Gasteiger partial charge on any atom is -0.391 e. The van der Waals surface area contributed by atoms with Crippen LogP contribution >= 0.6 is 11.3 Å². The Morgan fingerprint density at radius 3 is 2.83 bits per heavy atom. The number of rotatable bonds is 6. The lowest BCUT2D eigenvalue weighted by Gasteiger charge is -2.19. The summed E-state index contributed by atoms with van der Waals surface area (Å²) in [6, 6.07) is 1.53. The van der Waals surface area contributed by atoms with Crippen molar-refractivity contribution in [3.63, 3.8) is 0 Å². The Bertz CT molecular complexity index is 552. The molecule has 0 aromatic carbocycles. The van der Waals surface area contributed by atoms with E-state index in [2.05, 4.69) is 5.92 Å². The molecule has 4 nitrogen and oxygen atoms in total. The number of hydrogen-bond acceptors (Lipinski definition) is 4. The standard InChI is InChI=1S/C12H15NO3S2/c1-2-6-13(8-10-3-4-10)18(15,16)12-5-7-17-11(12)9-14/h1,5,7,10,14H,3-4,6,8-9H2. The number of terminal acetylenes is 1. The van der Waals surface area contributed by atoms with Gasteiger partial charge in [-0.05, 0) is 30.2 Å². The Hall–Kier alpha value is -0.870. The highest BCUT2D eigenvalue weighted by atomic mass is 32.2. The molecule has 1 heterocycles. The van der Waals surface area contributed by atoms with E-state index in [1.165, 1.54) is 21.7 Å². The van der Waals surface area contributed by atoms with Crippen LogP contribution in [0.1, 0.15) is 17.7 Å². The van der Waals surface area contributed by atoms with E-state index in [0.29, 0.717) is 17.3 Å². The van der Waals surface area contributed by atoms with Gasteiger partial charge < -0.3 is 5.11 Å². The van der Waals surface area contributed by atoms with Crippen LogP contribution in [0.2, 0.25) is 0 Å². The average Bonchev–Trinajstić information content (AvgIpc) is 3.02. The normalized spacial score (nSPS) is 15.8. The number of aliphatic hydroxyl groups excluding tert-OH is 1. The zero-order chi connectivity index (χ0) is 13.2. The van der Waals surface area contributed by atoms with Crippen LogP contribution in [0.5, 0.6) is 0 Å². The molecular weight excluding hydrogens is 270 g/mol. The van der Waals surface area contributed by atoms with E-state index >= 15 is 0 Å². The quantitative estimate of drug-likeness (QED) is 0.801. The van der Waals surface area contributed by atoms with E-state index in [-0.39, 0.29) is 18.0 Å². The summed E-state index contributed by atoms with van der Waals surface area (Å²) in [5, 5.41) is 10.8. The van der Waals surface area contributed by atoms with Crippen LogP contribution in [0.4, 0.5) is 0 Å². The molecular formula is C12H15NO3S2. The molecule has 1 fully saturated rings. The fourth-order valence-corrected chi connectivity index (χ4v) is 4.45. The molecule has 18 heavy (non-hydrogen) atoms. The van der Waals surface area contributed by atoms with E-state index in [1.54, 1.807) is 5.38 Å². The Morgan fingerprint density at radius 2 is 2.28 bits per heavy atom.